The summed E-state index contributed by atoms with van der Waals surface area (Å²) in [6.07, 6.45) is 1.65. The normalized spacial score (nSPS) is 9.82. The molecule has 1 heterocycles. The Morgan fingerprint density at radius 1 is 1.29 bits per heavy atom. The van der Waals surface area contributed by atoms with Crippen molar-refractivity contribution in [2.45, 2.75) is 13.5 Å². The van der Waals surface area contributed by atoms with Crippen molar-refractivity contribution in [3.8, 4) is 11.3 Å². The van der Waals surface area contributed by atoms with Crippen LogP contribution in [0.3, 0.4) is 0 Å². The molecule has 0 bridgehead atoms. The van der Waals surface area contributed by atoms with Crippen LogP contribution in [-0.4, -0.2) is 9.97 Å². The number of nitrogens with two attached hydrogens (primary N) is 1. The number of hydrogen-bond donors (Lipinski definition) is 1. The second kappa shape index (κ2) is 5.96. The standard InChI is InChI=1S/C12H12ClN3.ClH/c1-8-6-9(2-3-10(8)7-14)11-4-5-15-12(13)16-11;/h2-6H,7,14H2,1H3;1H. The molecule has 0 amide bonds. The van der Waals surface area contributed by atoms with Crippen LogP contribution in [0.25, 0.3) is 11.3 Å². The van der Waals surface area contributed by atoms with Gasteiger partial charge in [-0.2, -0.15) is 0 Å². The van der Waals surface area contributed by atoms with Gasteiger partial charge < -0.3 is 5.73 Å². The third-order valence-electron chi connectivity index (χ3n) is 2.48. The Bertz CT molecular complexity index is 515. The Morgan fingerprint density at radius 2 is 2.06 bits per heavy atom. The average molecular weight is 270 g/mol. The minimum absolute atomic E-state index is 0. The number of nitrogens with zero attached hydrogens (tertiary/aromatic N) is 2. The second-order valence-electron chi connectivity index (χ2n) is 3.56. The summed E-state index contributed by atoms with van der Waals surface area (Å²) in [5, 5.41) is 0.262. The van der Waals surface area contributed by atoms with E-state index in [4.69, 9.17) is 17.3 Å². The van der Waals surface area contributed by atoms with Crippen LogP contribution in [0.1, 0.15) is 11.1 Å². The first-order valence-electron chi connectivity index (χ1n) is 4.99. The smallest absolute Gasteiger partial charge is 0.222 e. The van der Waals surface area contributed by atoms with Gasteiger partial charge in [-0.25, -0.2) is 9.97 Å². The van der Waals surface area contributed by atoms with E-state index in [1.807, 2.05) is 25.1 Å². The lowest BCUT2D eigenvalue weighted by Gasteiger charge is -2.06. The fourth-order valence-electron chi connectivity index (χ4n) is 1.58. The highest BCUT2D eigenvalue weighted by atomic mass is 35.5. The quantitative estimate of drug-likeness (QED) is 0.853. The summed E-state index contributed by atoms with van der Waals surface area (Å²) < 4.78 is 0. The number of benzene rings is 1. The molecule has 0 saturated carbocycles. The van der Waals surface area contributed by atoms with Gasteiger partial charge in [0.2, 0.25) is 5.28 Å². The van der Waals surface area contributed by atoms with Crippen molar-refractivity contribution in [1.82, 2.24) is 9.97 Å². The number of aromatic nitrogens is 2. The van der Waals surface area contributed by atoms with Crippen LogP contribution in [-0.2, 0) is 6.54 Å². The third kappa shape index (κ3) is 3.16. The predicted octanol–water partition coefficient (Wildman–Crippen LogP) is 2.99. The molecule has 2 N–H and O–H groups in total. The zero-order chi connectivity index (χ0) is 11.5. The molecule has 3 nitrogen and oxygen atoms in total. The van der Waals surface area contributed by atoms with E-state index in [-0.39, 0.29) is 17.7 Å². The molecule has 0 aliphatic rings. The zero-order valence-electron chi connectivity index (χ0n) is 9.35. The SMILES string of the molecule is Cc1cc(-c2ccnc(Cl)n2)ccc1CN.Cl. The lowest BCUT2D eigenvalue weighted by atomic mass is 10.0. The largest absolute Gasteiger partial charge is 0.326 e. The van der Waals surface area contributed by atoms with Crippen LogP contribution in [0.2, 0.25) is 5.28 Å². The van der Waals surface area contributed by atoms with Crippen molar-refractivity contribution < 1.29 is 0 Å². The summed E-state index contributed by atoms with van der Waals surface area (Å²) >= 11 is 5.75. The number of halogens is 2. The van der Waals surface area contributed by atoms with Crippen LogP contribution in [0.4, 0.5) is 0 Å². The van der Waals surface area contributed by atoms with Crippen molar-refractivity contribution >= 4 is 24.0 Å². The topological polar surface area (TPSA) is 51.8 Å². The molecule has 0 radical (unpaired) electrons. The number of rotatable bonds is 2. The fraction of sp³-hybridized carbons (Fsp3) is 0.167. The van der Waals surface area contributed by atoms with E-state index >= 15 is 0 Å². The summed E-state index contributed by atoms with van der Waals surface area (Å²) in [5.41, 5.74) is 9.77. The molecule has 0 spiro atoms. The van der Waals surface area contributed by atoms with Crippen LogP contribution in [0.5, 0.6) is 0 Å². The molecule has 17 heavy (non-hydrogen) atoms. The van der Waals surface area contributed by atoms with E-state index in [9.17, 15) is 0 Å². The molecule has 1 aromatic carbocycles. The second-order valence-corrected chi connectivity index (χ2v) is 3.89. The number of aryl methyl sites for hydroxylation is 1. The molecule has 0 saturated heterocycles. The van der Waals surface area contributed by atoms with Gasteiger partial charge in [0, 0.05) is 18.3 Å². The van der Waals surface area contributed by atoms with E-state index in [0.717, 1.165) is 22.4 Å². The molecular formula is C12H13Cl2N3. The van der Waals surface area contributed by atoms with Crippen LogP contribution < -0.4 is 5.73 Å². The highest BCUT2D eigenvalue weighted by Crippen LogP contribution is 2.20. The Hall–Kier alpha value is -1.16. The first-order chi connectivity index (χ1) is 7.70. The molecule has 0 aliphatic carbocycles. The van der Waals surface area contributed by atoms with E-state index in [0.29, 0.717) is 6.54 Å². The lowest BCUT2D eigenvalue weighted by molar-refractivity contribution is 1.05. The van der Waals surface area contributed by atoms with E-state index in [1.54, 1.807) is 6.20 Å². The van der Waals surface area contributed by atoms with Gasteiger partial charge >= 0.3 is 0 Å². The average Bonchev–Trinajstić information content (AvgIpc) is 2.29. The Morgan fingerprint density at radius 3 is 2.65 bits per heavy atom. The van der Waals surface area contributed by atoms with Crippen molar-refractivity contribution in [3.63, 3.8) is 0 Å². The third-order valence-corrected chi connectivity index (χ3v) is 2.67. The Kier molecular flexibility index (Phi) is 4.87. The minimum Gasteiger partial charge on any atom is -0.326 e. The summed E-state index contributed by atoms with van der Waals surface area (Å²) in [7, 11) is 0. The zero-order valence-corrected chi connectivity index (χ0v) is 10.9. The summed E-state index contributed by atoms with van der Waals surface area (Å²) in [6, 6.07) is 7.90. The molecule has 0 atom stereocenters. The molecule has 5 heteroatoms. The van der Waals surface area contributed by atoms with Gasteiger partial charge in [0.25, 0.3) is 0 Å². The van der Waals surface area contributed by atoms with Gasteiger partial charge in [-0.15, -0.1) is 12.4 Å². The maximum atomic E-state index is 5.75. The molecule has 0 unspecified atom stereocenters. The first kappa shape index (κ1) is 13.9. The van der Waals surface area contributed by atoms with Crippen molar-refractivity contribution in [2.24, 2.45) is 5.73 Å². The molecular weight excluding hydrogens is 257 g/mol. The van der Waals surface area contributed by atoms with E-state index < -0.39 is 0 Å². The van der Waals surface area contributed by atoms with Crippen molar-refractivity contribution in [1.29, 1.82) is 0 Å². The molecule has 0 fully saturated rings. The lowest BCUT2D eigenvalue weighted by Crippen LogP contribution is -1.99. The van der Waals surface area contributed by atoms with Gasteiger partial charge in [-0.3, -0.25) is 0 Å². The number of hydrogen-bond acceptors (Lipinski definition) is 3. The van der Waals surface area contributed by atoms with Crippen molar-refractivity contribution in [2.75, 3.05) is 0 Å². The maximum Gasteiger partial charge on any atom is 0.222 e. The van der Waals surface area contributed by atoms with Crippen LogP contribution in [0.15, 0.2) is 30.5 Å². The predicted molar refractivity (Wildman–Crippen MR) is 72.4 cm³/mol. The monoisotopic (exact) mass is 269 g/mol. The van der Waals surface area contributed by atoms with Crippen LogP contribution in [0, 0.1) is 6.92 Å². The van der Waals surface area contributed by atoms with Gasteiger partial charge in [0.1, 0.15) is 0 Å². The van der Waals surface area contributed by atoms with Crippen molar-refractivity contribution in [3.05, 3.63) is 46.9 Å². The van der Waals surface area contributed by atoms with Gasteiger partial charge in [-0.1, -0.05) is 12.1 Å². The summed E-state index contributed by atoms with van der Waals surface area (Å²) in [6.45, 7) is 2.59. The van der Waals surface area contributed by atoms with E-state index in [2.05, 4.69) is 16.0 Å². The Labute approximate surface area is 111 Å². The molecule has 0 aliphatic heterocycles. The fourth-order valence-corrected chi connectivity index (χ4v) is 1.73. The molecule has 90 valence electrons. The van der Waals surface area contributed by atoms with Gasteiger partial charge in [0.05, 0.1) is 5.69 Å². The Balaban J connectivity index is 0.00000144. The van der Waals surface area contributed by atoms with Gasteiger partial charge in [0.15, 0.2) is 0 Å². The summed E-state index contributed by atoms with van der Waals surface area (Å²) in [4.78, 5) is 8.02. The first-order valence-corrected chi connectivity index (χ1v) is 5.37. The minimum atomic E-state index is 0. The maximum absolute atomic E-state index is 5.75. The van der Waals surface area contributed by atoms with Crippen LogP contribution >= 0.6 is 24.0 Å². The van der Waals surface area contributed by atoms with Gasteiger partial charge in [-0.05, 0) is 41.8 Å². The highest BCUT2D eigenvalue weighted by Gasteiger charge is 2.03. The molecule has 2 rings (SSSR count). The highest BCUT2D eigenvalue weighted by molar-refractivity contribution is 6.28. The molecule has 2 aromatic rings. The van der Waals surface area contributed by atoms with E-state index in [1.165, 1.54) is 0 Å². The molecule has 1 aromatic heterocycles. The summed E-state index contributed by atoms with van der Waals surface area (Å²) in [5.74, 6) is 0.